The van der Waals surface area contributed by atoms with Crippen LogP contribution in [0, 0.1) is 0 Å². The number of rotatable bonds is 11. The number of halogens is 2. The lowest BCUT2D eigenvalue weighted by Crippen LogP contribution is -2.47. The second-order valence-electron chi connectivity index (χ2n) is 7.45. The highest BCUT2D eigenvalue weighted by molar-refractivity contribution is 6.36. The number of carbonyl (C=O) groups excluding carboxylic acids is 1. The third-order valence-electron chi connectivity index (χ3n) is 4.63. The average molecular weight is 468 g/mol. The Kier molecular flexibility index (Phi) is 9.16. The SMILES string of the molecule is CCO[C@@H](Cc1ccc(OC(C)(C)C(=O)NCCc2c(Cl)cccc2Cl)cc1)C(=O)O. The van der Waals surface area contributed by atoms with Crippen molar-refractivity contribution < 1.29 is 24.2 Å². The van der Waals surface area contributed by atoms with Gasteiger partial charge in [0.25, 0.3) is 5.91 Å². The van der Waals surface area contributed by atoms with Crippen LogP contribution in [-0.2, 0) is 27.2 Å². The highest BCUT2D eigenvalue weighted by Crippen LogP contribution is 2.24. The minimum absolute atomic E-state index is 0.248. The van der Waals surface area contributed by atoms with Crippen molar-refractivity contribution in [2.75, 3.05) is 13.2 Å². The van der Waals surface area contributed by atoms with E-state index in [1.54, 1.807) is 63.2 Å². The summed E-state index contributed by atoms with van der Waals surface area (Å²) in [4.78, 5) is 23.8. The fraction of sp³-hybridized carbons (Fsp3) is 0.391. The van der Waals surface area contributed by atoms with Crippen LogP contribution in [0.2, 0.25) is 10.0 Å². The van der Waals surface area contributed by atoms with Gasteiger partial charge in [-0.1, -0.05) is 41.4 Å². The minimum Gasteiger partial charge on any atom is -0.479 e. The Bertz CT molecular complexity index is 879. The lowest BCUT2D eigenvalue weighted by molar-refractivity contribution is -0.150. The maximum absolute atomic E-state index is 12.6. The highest BCUT2D eigenvalue weighted by Gasteiger charge is 2.29. The van der Waals surface area contributed by atoms with Gasteiger partial charge in [-0.25, -0.2) is 4.79 Å². The first-order valence-corrected chi connectivity index (χ1v) is 10.7. The molecule has 2 rings (SSSR count). The standard InChI is InChI=1S/C23H27Cl2NO5/c1-4-30-20(21(27)28)14-15-8-10-16(11-9-15)31-23(2,3)22(29)26-13-12-17-18(24)6-5-7-19(17)25/h5-11,20H,4,12-14H2,1-3H3,(H,26,29)(H,27,28)/t20-/m0/s1. The summed E-state index contributed by atoms with van der Waals surface area (Å²) in [6, 6.07) is 12.2. The number of hydrogen-bond donors (Lipinski definition) is 2. The Morgan fingerprint density at radius 3 is 2.26 bits per heavy atom. The summed E-state index contributed by atoms with van der Waals surface area (Å²) < 4.78 is 11.1. The molecular formula is C23H27Cl2NO5. The molecule has 2 N–H and O–H groups in total. The molecule has 0 fully saturated rings. The van der Waals surface area contributed by atoms with E-state index in [4.69, 9.17) is 32.7 Å². The Hall–Kier alpha value is -2.28. The van der Waals surface area contributed by atoms with Crippen LogP contribution in [0.5, 0.6) is 5.75 Å². The molecule has 0 unspecified atom stereocenters. The molecule has 2 aromatic rings. The van der Waals surface area contributed by atoms with Crippen molar-refractivity contribution in [3.63, 3.8) is 0 Å². The zero-order valence-electron chi connectivity index (χ0n) is 17.8. The first kappa shape index (κ1) is 25.0. The van der Waals surface area contributed by atoms with Gasteiger partial charge in [-0.2, -0.15) is 0 Å². The molecule has 8 heteroatoms. The first-order valence-electron chi connectivity index (χ1n) is 9.97. The summed E-state index contributed by atoms with van der Waals surface area (Å²) >= 11 is 12.3. The summed E-state index contributed by atoms with van der Waals surface area (Å²) in [6.45, 7) is 5.79. The van der Waals surface area contributed by atoms with E-state index in [1.165, 1.54) is 0 Å². The van der Waals surface area contributed by atoms with E-state index < -0.39 is 17.7 Å². The van der Waals surface area contributed by atoms with E-state index in [1.807, 2.05) is 0 Å². The number of carboxylic acids is 1. The predicted octanol–water partition coefficient (Wildman–Crippen LogP) is 4.54. The smallest absolute Gasteiger partial charge is 0.333 e. The van der Waals surface area contributed by atoms with Crippen LogP contribution < -0.4 is 10.1 Å². The van der Waals surface area contributed by atoms with Crippen molar-refractivity contribution in [3.8, 4) is 5.75 Å². The van der Waals surface area contributed by atoms with Gasteiger partial charge < -0.3 is 19.9 Å². The Morgan fingerprint density at radius 1 is 1.10 bits per heavy atom. The maximum Gasteiger partial charge on any atom is 0.333 e. The Morgan fingerprint density at radius 2 is 1.71 bits per heavy atom. The van der Waals surface area contributed by atoms with Crippen molar-refractivity contribution in [3.05, 3.63) is 63.6 Å². The quantitative estimate of drug-likeness (QED) is 0.506. The van der Waals surface area contributed by atoms with Gasteiger partial charge in [0.1, 0.15) is 5.75 Å². The van der Waals surface area contributed by atoms with E-state index in [-0.39, 0.29) is 12.3 Å². The van der Waals surface area contributed by atoms with E-state index in [2.05, 4.69) is 5.32 Å². The van der Waals surface area contributed by atoms with Gasteiger partial charge >= 0.3 is 5.97 Å². The lowest BCUT2D eigenvalue weighted by Gasteiger charge is -2.25. The van der Waals surface area contributed by atoms with E-state index in [9.17, 15) is 14.7 Å². The van der Waals surface area contributed by atoms with Gasteiger partial charge in [-0.05, 0) is 62.6 Å². The topological polar surface area (TPSA) is 84.9 Å². The number of benzene rings is 2. The molecule has 0 saturated heterocycles. The second kappa shape index (κ2) is 11.4. The number of carbonyl (C=O) groups is 2. The zero-order valence-corrected chi connectivity index (χ0v) is 19.3. The molecule has 1 amide bonds. The summed E-state index contributed by atoms with van der Waals surface area (Å²) in [5.41, 5.74) is 0.472. The summed E-state index contributed by atoms with van der Waals surface area (Å²) in [5, 5.41) is 13.2. The van der Waals surface area contributed by atoms with E-state index in [0.717, 1.165) is 11.1 Å². The monoisotopic (exact) mass is 467 g/mol. The molecule has 0 radical (unpaired) electrons. The van der Waals surface area contributed by atoms with Crippen molar-refractivity contribution in [1.82, 2.24) is 5.32 Å². The molecule has 0 bridgehead atoms. The molecule has 0 saturated carbocycles. The molecule has 1 atom stereocenters. The average Bonchev–Trinajstić information content (AvgIpc) is 2.70. The second-order valence-corrected chi connectivity index (χ2v) is 8.26. The Balaban J connectivity index is 1.92. The Labute approximate surface area is 192 Å². The van der Waals surface area contributed by atoms with Crippen molar-refractivity contribution in [1.29, 1.82) is 0 Å². The van der Waals surface area contributed by atoms with E-state index in [0.29, 0.717) is 35.4 Å². The molecule has 6 nitrogen and oxygen atoms in total. The van der Waals surface area contributed by atoms with Crippen LogP contribution in [0.15, 0.2) is 42.5 Å². The first-order chi connectivity index (χ1) is 14.6. The van der Waals surface area contributed by atoms with E-state index >= 15 is 0 Å². The van der Waals surface area contributed by atoms with Crippen LogP contribution in [0.1, 0.15) is 31.9 Å². The zero-order chi connectivity index (χ0) is 23.0. The number of nitrogens with one attached hydrogen (secondary N) is 1. The molecule has 0 aliphatic carbocycles. The van der Waals surface area contributed by atoms with Crippen molar-refractivity contribution in [2.24, 2.45) is 0 Å². The lowest BCUT2D eigenvalue weighted by atomic mass is 10.1. The molecule has 31 heavy (non-hydrogen) atoms. The van der Waals surface area contributed by atoms with Crippen LogP contribution in [0.3, 0.4) is 0 Å². The minimum atomic E-state index is -1.11. The number of hydrogen-bond acceptors (Lipinski definition) is 4. The molecule has 0 aromatic heterocycles. The number of ether oxygens (including phenoxy) is 2. The van der Waals surface area contributed by atoms with Gasteiger partial charge in [0.2, 0.25) is 0 Å². The predicted molar refractivity (Wildman–Crippen MR) is 121 cm³/mol. The normalized spacial score (nSPS) is 12.3. The van der Waals surface area contributed by atoms with Gasteiger partial charge in [0.15, 0.2) is 11.7 Å². The molecule has 0 spiro atoms. The largest absolute Gasteiger partial charge is 0.479 e. The number of amides is 1. The van der Waals surface area contributed by atoms with Crippen LogP contribution in [0.4, 0.5) is 0 Å². The summed E-state index contributed by atoms with van der Waals surface area (Å²) in [6.07, 6.45) is -0.150. The third-order valence-corrected chi connectivity index (χ3v) is 5.34. The van der Waals surface area contributed by atoms with Gasteiger partial charge in [-0.3, -0.25) is 4.79 Å². The highest BCUT2D eigenvalue weighted by atomic mass is 35.5. The van der Waals surface area contributed by atoms with Gasteiger partial charge in [0.05, 0.1) is 0 Å². The van der Waals surface area contributed by atoms with Crippen LogP contribution in [0.25, 0.3) is 0 Å². The number of aliphatic carboxylic acids is 1. The van der Waals surface area contributed by atoms with Crippen LogP contribution in [-0.4, -0.2) is 41.8 Å². The third kappa shape index (κ3) is 7.42. The molecule has 0 aliphatic rings. The fourth-order valence-corrected chi connectivity index (χ4v) is 3.54. The number of carboxylic acid groups (broad SMARTS) is 1. The molecule has 168 valence electrons. The molecular weight excluding hydrogens is 441 g/mol. The summed E-state index contributed by atoms with van der Waals surface area (Å²) in [7, 11) is 0. The van der Waals surface area contributed by atoms with Gasteiger partial charge in [0, 0.05) is 29.6 Å². The molecule has 2 aromatic carbocycles. The molecule has 0 heterocycles. The maximum atomic E-state index is 12.6. The van der Waals surface area contributed by atoms with Crippen molar-refractivity contribution >= 4 is 35.1 Å². The summed E-state index contributed by atoms with van der Waals surface area (Å²) in [5.74, 6) is -0.776. The molecule has 0 aliphatic heterocycles. The van der Waals surface area contributed by atoms with Gasteiger partial charge in [-0.15, -0.1) is 0 Å². The van der Waals surface area contributed by atoms with Crippen molar-refractivity contribution in [2.45, 2.75) is 45.3 Å². The van der Waals surface area contributed by atoms with Crippen LogP contribution >= 0.6 is 23.2 Å². The fourth-order valence-electron chi connectivity index (χ4n) is 2.95.